The van der Waals surface area contributed by atoms with Crippen molar-refractivity contribution in [1.29, 1.82) is 0 Å². The van der Waals surface area contributed by atoms with Gasteiger partial charge in [-0.25, -0.2) is 9.59 Å². The van der Waals surface area contributed by atoms with E-state index in [1.807, 2.05) is 18.2 Å². The van der Waals surface area contributed by atoms with E-state index < -0.39 is 17.5 Å². The van der Waals surface area contributed by atoms with E-state index in [2.05, 4.69) is 0 Å². The largest absolute Gasteiger partial charge is 0.504 e. The van der Waals surface area contributed by atoms with Gasteiger partial charge in [-0.2, -0.15) is 0 Å². The van der Waals surface area contributed by atoms with Gasteiger partial charge in [-0.3, -0.25) is 13.9 Å². The Labute approximate surface area is 169 Å². The lowest BCUT2D eigenvalue weighted by molar-refractivity contribution is -0.135. The molecule has 1 aliphatic rings. The van der Waals surface area contributed by atoms with Crippen LogP contribution in [-0.4, -0.2) is 20.2 Å². The van der Waals surface area contributed by atoms with E-state index in [4.69, 9.17) is 9.15 Å². The maximum atomic E-state index is 12.3. The van der Waals surface area contributed by atoms with Crippen molar-refractivity contribution in [1.82, 2.24) is 9.13 Å². The zero-order valence-electron chi connectivity index (χ0n) is 16.6. The summed E-state index contributed by atoms with van der Waals surface area (Å²) in [6.45, 7) is 1.75. The number of imidazole rings is 1. The van der Waals surface area contributed by atoms with Gasteiger partial charge in [0.25, 0.3) is 0 Å². The summed E-state index contributed by atoms with van der Waals surface area (Å²) in [6.07, 6.45) is 0.00942. The van der Waals surface area contributed by atoms with Gasteiger partial charge in [-0.05, 0) is 36.2 Å². The minimum Gasteiger partial charge on any atom is -0.504 e. The van der Waals surface area contributed by atoms with Crippen molar-refractivity contribution in [2.24, 2.45) is 14.1 Å². The topological polar surface area (TPSA) is 104 Å². The molecule has 2 aromatic carbocycles. The zero-order valence-corrected chi connectivity index (χ0v) is 16.6. The van der Waals surface area contributed by atoms with Gasteiger partial charge < -0.3 is 14.3 Å². The molecule has 0 spiro atoms. The molecule has 0 fully saturated rings. The number of aromatic nitrogens is 2. The molecule has 152 valence electrons. The van der Waals surface area contributed by atoms with Crippen LogP contribution in [0.5, 0.6) is 11.5 Å². The number of nitrogens with zero attached hydrogens (tertiary/aromatic N) is 2. The average molecular weight is 406 g/mol. The maximum Gasteiger partial charge on any atom is 0.336 e. The fourth-order valence-electron chi connectivity index (χ4n) is 4.31. The SMILES string of the molecule is Cc1cc(=O)oc2c3c(c(O)cc12)OC(=O)CC3c1ccc2c(c1)n(C)c(=O)n2C. The number of carbonyl (C=O) groups is 1. The first kappa shape index (κ1) is 18.2. The fourth-order valence-corrected chi connectivity index (χ4v) is 4.31. The van der Waals surface area contributed by atoms with Crippen molar-refractivity contribution in [3.05, 3.63) is 67.9 Å². The molecule has 1 aliphatic heterocycles. The summed E-state index contributed by atoms with van der Waals surface area (Å²) in [7, 11) is 3.38. The molecule has 5 rings (SSSR count). The number of benzene rings is 2. The number of esters is 1. The molecule has 2 aromatic heterocycles. The number of aryl methyl sites for hydroxylation is 3. The second-order valence-corrected chi connectivity index (χ2v) is 7.64. The molecular weight excluding hydrogens is 388 g/mol. The Bertz CT molecular complexity index is 1500. The van der Waals surface area contributed by atoms with Crippen LogP contribution in [0.25, 0.3) is 22.0 Å². The van der Waals surface area contributed by atoms with Crippen molar-refractivity contribution in [3.8, 4) is 11.5 Å². The summed E-state index contributed by atoms with van der Waals surface area (Å²) in [5, 5.41) is 11.1. The lowest BCUT2D eigenvalue weighted by atomic mass is 9.84. The van der Waals surface area contributed by atoms with E-state index in [-0.39, 0.29) is 29.2 Å². The monoisotopic (exact) mass is 406 g/mol. The van der Waals surface area contributed by atoms with Gasteiger partial charge in [0.2, 0.25) is 0 Å². The van der Waals surface area contributed by atoms with Crippen LogP contribution >= 0.6 is 0 Å². The number of aromatic hydroxyl groups is 1. The highest BCUT2D eigenvalue weighted by Gasteiger charge is 2.34. The van der Waals surface area contributed by atoms with E-state index >= 15 is 0 Å². The minimum absolute atomic E-state index is 0.000419. The van der Waals surface area contributed by atoms with Gasteiger partial charge in [0.05, 0.1) is 23.0 Å². The van der Waals surface area contributed by atoms with Gasteiger partial charge in [-0.15, -0.1) is 0 Å². The number of rotatable bonds is 1. The number of phenolic OH excluding ortho intramolecular Hbond substituents is 1. The lowest BCUT2D eigenvalue weighted by Crippen LogP contribution is -2.22. The smallest absolute Gasteiger partial charge is 0.336 e. The van der Waals surface area contributed by atoms with Crippen LogP contribution in [-0.2, 0) is 18.9 Å². The van der Waals surface area contributed by atoms with E-state index in [9.17, 15) is 19.5 Å². The quantitative estimate of drug-likeness (QED) is 0.296. The van der Waals surface area contributed by atoms with Crippen LogP contribution in [0, 0.1) is 6.92 Å². The number of fused-ring (bicyclic) bond motifs is 4. The van der Waals surface area contributed by atoms with Gasteiger partial charge in [0.15, 0.2) is 11.5 Å². The third kappa shape index (κ3) is 2.43. The highest BCUT2D eigenvalue weighted by atomic mass is 16.5. The predicted molar refractivity (Wildman–Crippen MR) is 109 cm³/mol. The van der Waals surface area contributed by atoms with Crippen molar-refractivity contribution in [2.45, 2.75) is 19.3 Å². The Morgan fingerprint density at radius 1 is 1.03 bits per heavy atom. The molecule has 0 saturated heterocycles. The first-order chi connectivity index (χ1) is 14.3. The van der Waals surface area contributed by atoms with Gasteiger partial charge in [-0.1, -0.05) is 6.07 Å². The summed E-state index contributed by atoms with van der Waals surface area (Å²) in [5.74, 6) is -1.21. The molecule has 1 N–H and O–H groups in total. The first-order valence-electron chi connectivity index (χ1n) is 9.42. The van der Waals surface area contributed by atoms with Crippen molar-refractivity contribution in [2.75, 3.05) is 0 Å². The molecule has 0 aliphatic carbocycles. The first-order valence-corrected chi connectivity index (χ1v) is 9.42. The van der Waals surface area contributed by atoms with Gasteiger partial charge in [0, 0.05) is 31.5 Å². The normalized spacial score (nSPS) is 16.1. The van der Waals surface area contributed by atoms with Crippen LogP contribution < -0.4 is 16.1 Å². The van der Waals surface area contributed by atoms with Gasteiger partial charge in [0.1, 0.15) is 5.58 Å². The van der Waals surface area contributed by atoms with Crippen LogP contribution in [0.4, 0.5) is 0 Å². The molecule has 3 heterocycles. The van der Waals surface area contributed by atoms with Crippen molar-refractivity contribution >= 4 is 28.0 Å². The molecular formula is C22H18N2O6. The highest BCUT2D eigenvalue weighted by molar-refractivity contribution is 5.92. The Hall–Kier alpha value is -3.81. The number of carbonyl (C=O) groups excluding carboxylic acids is 1. The molecule has 4 aromatic rings. The summed E-state index contributed by atoms with van der Waals surface area (Å²) in [5.41, 5.74) is 2.92. The van der Waals surface area contributed by atoms with Crippen LogP contribution in [0.3, 0.4) is 0 Å². The molecule has 0 bridgehead atoms. The van der Waals surface area contributed by atoms with Crippen molar-refractivity contribution in [3.63, 3.8) is 0 Å². The lowest BCUT2D eigenvalue weighted by Gasteiger charge is -2.26. The van der Waals surface area contributed by atoms with E-state index in [0.717, 1.165) is 11.1 Å². The summed E-state index contributed by atoms with van der Waals surface area (Å²) >= 11 is 0. The Morgan fingerprint density at radius 3 is 2.53 bits per heavy atom. The molecule has 1 unspecified atom stereocenters. The molecule has 1 atom stereocenters. The molecule has 0 saturated carbocycles. The number of ether oxygens (including phenoxy) is 1. The second-order valence-electron chi connectivity index (χ2n) is 7.64. The number of phenols is 1. The Kier molecular flexibility index (Phi) is 3.70. The number of hydrogen-bond donors (Lipinski definition) is 1. The maximum absolute atomic E-state index is 12.3. The number of hydrogen-bond acceptors (Lipinski definition) is 6. The summed E-state index contributed by atoms with van der Waals surface area (Å²) in [6, 6.07) is 8.28. The second kappa shape index (κ2) is 6.09. The van der Waals surface area contributed by atoms with Crippen LogP contribution in [0.2, 0.25) is 0 Å². The highest BCUT2D eigenvalue weighted by Crippen LogP contribution is 2.48. The fraction of sp³-hybridized carbons (Fsp3) is 0.227. The van der Waals surface area contributed by atoms with Gasteiger partial charge >= 0.3 is 17.3 Å². The predicted octanol–water partition coefficient (Wildman–Crippen LogP) is 2.44. The standard InChI is InChI=1S/C22H18N2O6/c1-10-6-17(26)29-20-12(10)8-16(25)21-19(20)13(9-18(27)30-21)11-4-5-14-15(7-11)24(3)22(28)23(14)2/h4-8,13,25H,9H2,1-3H3. The minimum atomic E-state index is -0.524. The van der Waals surface area contributed by atoms with Crippen molar-refractivity contribution < 1.29 is 19.1 Å². The Morgan fingerprint density at radius 2 is 1.77 bits per heavy atom. The molecule has 30 heavy (non-hydrogen) atoms. The molecule has 0 amide bonds. The van der Waals surface area contributed by atoms with E-state index in [1.165, 1.54) is 16.7 Å². The van der Waals surface area contributed by atoms with E-state index in [1.54, 1.807) is 25.6 Å². The van der Waals surface area contributed by atoms with Crippen LogP contribution in [0.15, 0.2) is 44.3 Å². The summed E-state index contributed by atoms with van der Waals surface area (Å²) < 4.78 is 13.9. The summed E-state index contributed by atoms with van der Waals surface area (Å²) in [4.78, 5) is 36.7. The zero-order chi connectivity index (χ0) is 21.3. The third-order valence-electron chi connectivity index (χ3n) is 5.84. The van der Waals surface area contributed by atoms with Crippen LogP contribution in [0.1, 0.15) is 29.0 Å². The average Bonchev–Trinajstić information content (AvgIpc) is 2.92. The molecule has 0 radical (unpaired) electrons. The van der Waals surface area contributed by atoms with E-state index in [0.29, 0.717) is 22.0 Å². The Balaban J connectivity index is 1.85. The third-order valence-corrected chi connectivity index (χ3v) is 5.84. The molecule has 8 heteroatoms. The molecule has 8 nitrogen and oxygen atoms in total.